The van der Waals surface area contributed by atoms with Gasteiger partial charge in [-0.1, -0.05) is 0 Å². The summed E-state index contributed by atoms with van der Waals surface area (Å²) in [6.07, 6.45) is 1.44. The molecule has 1 aliphatic heterocycles. The van der Waals surface area contributed by atoms with E-state index in [0.717, 1.165) is 11.1 Å². The van der Waals surface area contributed by atoms with Crippen LogP contribution in [0.25, 0.3) is 11.2 Å². The molecule has 3 rings (SSSR count). The van der Waals surface area contributed by atoms with Crippen molar-refractivity contribution >= 4 is 29.5 Å². The van der Waals surface area contributed by atoms with Crippen molar-refractivity contribution in [1.29, 1.82) is 0 Å². The van der Waals surface area contributed by atoms with Gasteiger partial charge in [0, 0.05) is 39.8 Å². The molecule has 1 atom stereocenters. The van der Waals surface area contributed by atoms with Crippen molar-refractivity contribution in [3.8, 4) is 0 Å². The molecule has 24 heavy (non-hydrogen) atoms. The number of hydrogen-bond acceptors (Lipinski definition) is 5. The van der Waals surface area contributed by atoms with E-state index in [1.54, 1.807) is 11.9 Å². The molecule has 1 amide bonds. The Kier molecular flexibility index (Phi) is 5.14. The zero-order chi connectivity index (χ0) is 16.7. The van der Waals surface area contributed by atoms with Crippen LogP contribution in [0.1, 0.15) is 6.92 Å². The fourth-order valence-electron chi connectivity index (χ4n) is 2.92. The van der Waals surface area contributed by atoms with Crippen LogP contribution < -0.4 is 16.6 Å². The molecule has 2 aromatic rings. The van der Waals surface area contributed by atoms with Gasteiger partial charge in [0.1, 0.15) is 6.54 Å². The number of imidazole rings is 1. The number of nitrogens with zero attached hydrogens (tertiary/aromatic N) is 5. The molecular formula is C14H21ClN6O3. The molecule has 0 aliphatic carbocycles. The van der Waals surface area contributed by atoms with Crippen LogP contribution in [0.5, 0.6) is 0 Å². The van der Waals surface area contributed by atoms with E-state index < -0.39 is 11.2 Å². The van der Waals surface area contributed by atoms with E-state index in [1.165, 1.54) is 22.5 Å². The number of aromatic nitrogens is 4. The molecule has 0 saturated carbocycles. The summed E-state index contributed by atoms with van der Waals surface area (Å²) in [5.74, 6) is -0.0615. The van der Waals surface area contributed by atoms with Gasteiger partial charge >= 0.3 is 5.69 Å². The first-order chi connectivity index (χ1) is 10.9. The lowest BCUT2D eigenvalue weighted by molar-refractivity contribution is -0.132. The highest BCUT2D eigenvalue weighted by atomic mass is 35.5. The minimum Gasteiger partial charge on any atom is -0.338 e. The van der Waals surface area contributed by atoms with Gasteiger partial charge in [0.2, 0.25) is 5.91 Å². The summed E-state index contributed by atoms with van der Waals surface area (Å²) >= 11 is 0. The van der Waals surface area contributed by atoms with Crippen molar-refractivity contribution < 1.29 is 4.79 Å². The van der Waals surface area contributed by atoms with Crippen LogP contribution >= 0.6 is 12.4 Å². The van der Waals surface area contributed by atoms with Crippen LogP contribution in [0.15, 0.2) is 15.9 Å². The average Bonchev–Trinajstić information content (AvgIpc) is 2.94. The van der Waals surface area contributed by atoms with Crippen molar-refractivity contribution in [2.75, 3.05) is 19.6 Å². The molecule has 1 aliphatic rings. The number of carbonyl (C=O) groups is 1. The SMILES string of the molecule is CC1CN(C(=O)Cn2cnc3c2c(=O)n(C)c(=O)n3C)CCN1.Cl. The Balaban J connectivity index is 0.00000208. The predicted molar refractivity (Wildman–Crippen MR) is 91.5 cm³/mol. The van der Waals surface area contributed by atoms with Crippen LogP contribution in [-0.4, -0.2) is 55.2 Å². The van der Waals surface area contributed by atoms with Gasteiger partial charge in [0.15, 0.2) is 11.2 Å². The lowest BCUT2D eigenvalue weighted by Gasteiger charge is -2.32. The van der Waals surface area contributed by atoms with E-state index in [-0.39, 0.29) is 36.4 Å². The lowest BCUT2D eigenvalue weighted by Crippen LogP contribution is -2.52. The van der Waals surface area contributed by atoms with E-state index in [1.807, 2.05) is 6.92 Å². The lowest BCUT2D eigenvalue weighted by atomic mass is 10.2. The van der Waals surface area contributed by atoms with E-state index in [9.17, 15) is 14.4 Å². The van der Waals surface area contributed by atoms with Crippen molar-refractivity contribution in [1.82, 2.24) is 28.9 Å². The molecule has 9 nitrogen and oxygen atoms in total. The summed E-state index contributed by atoms with van der Waals surface area (Å²) < 4.78 is 3.86. The maximum atomic E-state index is 12.5. The van der Waals surface area contributed by atoms with Crippen molar-refractivity contribution in [3.05, 3.63) is 27.2 Å². The first kappa shape index (κ1) is 18.2. The monoisotopic (exact) mass is 356 g/mol. The number of aryl methyl sites for hydroxylation is 1. The average molecular weight is 357 g/mol. The van der Waals surface area contributed by atoms with Gasteiger partial charge in [0.25, 0.3) is 5.56 Å². The van der Waals surface area contributed by atoms with E-state index in [0.29, 0.717) is 18.7 Å². The van der Waals surface area contributed by atoms with Gasteiger partial charge in [-0.3, -0.25) is 18.7 Å². The second-order valence-corrected chi connectivity index (χ2v) is 5.95. The summed E-state index contributed by atoms with van der Waals surface area (Å²) in [6.45, 7) is 4.11. The smallest absolute Gasteiger partial charge is 0.332 e. The van der Waals surface area contributed by atoms with E-state index in [4.69, 9.17) is 0 Å². The molecule has 132 valence electrons. The number of carbonyl (C=O) groups excluding carboxylic acids is 1. The van der Waals surface area contributed by atoms with Gasteiger partial charge in [-0.25, -0.2) is 9.78 Å². The molecule has 1 fully saturated rings. The van der Waals surface area contributed by atoms with Gasteiger partial charge in [-0.15, -0.1) is 12.4 Å². The number of rotatable bonds is 2. The number of hydrogen-bond donors (Lipinski definition) is 1. The standard InChI is InChI=1S/C14H20N6O3.ClH/c1-9-6-19(5-4-15-9)10(21)7-20-8-16-12-11(20)13(22)18(3)14(23)17(12)2;/h8-9,15H,4-7H2,1-3H3;1H. The van der Waals surface area contributed by atoms with Crippen LogP contribution in [0.2, 0.25) is 0 Å². The third kappa shape index (κ3) is 2.96. The fourth-order valence-corrected chi connectivity index (χ4v) is 2.92. The summed E-state index contributed by atoms with van der Waals surface area (Å²) in [5.41, 5.74) is -0.317. The second-order valence-electron chi connectivity index (χ2n) is 5.95. The third-order valence-electron chi connectivity index (χ3n) is 4.24. The Morgan fingerprint density at radius 1 is 1.33 bits per heavy atom. The van der Waals surface area contributed by atoms with Crippen molar-refractivity contribution in [3.63, 3.8) is 0 Å². The molecule has 3 heterocycles. The quantitative estimate of drug-likeness (QED) is 0.720. The zero-order valence-electron chi connectivity index (χ0n) is 13.9. The van der Waals surface area contributed by atoms with E-state index in [2.05, 4.69) is 10.3 Å². The van der Waals surface area contributed by atoms with Crippen LogP contribution in [-0.2, 0) is 25.4 Å². The molecule has 1 saturated heterocycles. The molecule has 1 N–H and O–H groups in total. The maximum absolute atomic E-state index is 12.5. The van der Waals surface area contributed by atoms with Gasteiger partial charge < -0.3 is 14.8 Å². The first-order valence-corrected chi connectivity index (χ1v) is 7.52. The highest BCUT2D eigenvalue weighted by Gasteiger charge is 2.22. The minimum absolute atomic E-state index is 0. The summed E-state index contributed by atoms with van der Waals surface area (Å²) in [7, 11) is 2.97. The van der Waals surface area contributed by atoms with Crippen molar-refractivity contribution in [2.45, 2.75) is 19.5 Å². The molecular weight excluding hydrogens is 336 g/mol. The third-order valence-corrected chi connectivity index (χ3v) is 4.24. The number of nitrogens with one attached hydrogen (secondary N) is 1. The Hall–Kier alpha value is -2.13. The molecule has 10 heteroatoms. The van der Waals surface area contributed by atoms with Crippen LogP contribution in [0.4, 0.5) is 0 Å². The largest absolute Gasteiger partial charge is 0.338 e. The highest BCUT2D eigenvalue weighted by Crippen LogP contribution is 2.07. The topological polar surface area (TPSA) is 94.2 Å². The Labute approximate surface area is 144 Å². The Morgan fingerprint density at radius 2 is 2.04 bits per heavy atom. The molecule has 0 bridgehead atoms. The molecule has 1 unspecified atom stereocenters. The highest BCUT2D eigenvalue weighted by molar-refractivity contribution is 5.85. The number of piperazine rings is 1. The van der Waals surface area contributed by atoms with Gasteiger partial charge in [-0.2, -0.15) is 0 Å². The maximum Gasteiger partial charge on any atom is 0.332 e. The molecule has 0 radical (unpaired) electrons. The molecule has 0 aromatic carbocycles. The Bertz CT molecular complexity index is 883. The minimum atomic E-state index is -0.443. The summed E-state index contributed by atoms with van der Waals surface area (Å²) in [4.78, 5) is 42.6. The van der Waals surface area contributed by atoms with Crippen LogP contribution in [0, 0.1) is 0 Å². The van der Waals surface area contributed by atoms with Crippen LogP contribution in [0.3, 0.4) is 0 Å². The van der Waals surface area contributed by atoms with Gasteiger partial charge in [0.05, 0.1) is 6.33 Å². The zero-order valence-corrected chi connectivity index (χ0v) is 14.7. The summed E-state index contributed by atoms with van der Waals surface area (Å²) in [5, 5.41) is 3.28. The van der Waals surface area contributed by atoms with Gasteiger partial charge in [-0.05, 0) is 6.92 Å². The Morgan fingerprint density at radius 3 is 2.71 bits per heavy atom. The number of fused-ring (bicyclic) bond motifs is 1. The van der Waals surface area contributed by atoms with E-state index >= 15 is 0 Å². The summed E-state index contributed by atoms with van der Waals surface area (Å²) in [6, 6.07) is 0.251. The molecule has 2 aromatic heterocycles. The van der Waals surface area contributed by atoms with Crippen molar-refractivity contribution in [2.24, 2.45) is 14.1 Å². The number of amides is 1. The fraction of sp³-hybridized carbons (Fsp3) is 0.571. The first-order valence-electron chi connectivity index (χ1n) is 7.52. The normalized spacial score (nSPS) is 17.8. The molecule has 0 spiro atoms. The number of halogens is 1. The predicted octanol–water partition coefficient (Wildman–Crippen LogP) is -1.32. The second kappa shape index (κ2) is 6.78.